The summed E-state index contributed by atoms with van der Waals surface area (Å²) in [5.41, 5.74) is 4.19. The lowest BCUT2D eigenvalue weighted by atomic mass is 10.2. The summed E-state index contributed by atoms with van der Waals surface area (Å²) in [5.74, 6) is 7.08. The zero-order valence-electron chi connectivity index (χ0n) is 11.2. The first-order valence-corrected chi connectivity index (χ1v) is 6.09. The second-order valence-electron chi connectivity index (χ2n) is 4.13. The molecule has 0 saturated carbocycles. The average molecular weight is 275 g/mol. The highest BCUT2D eigenvalue weighted by atomic mass is 16.5. The fourth-order valence-electron chi connectivity index (χ4n) is 1.73. The van der Waals surface area contributed by atoms with E-state index in [1.807, 2.05) is 6.07 Å². The smallest absolute Gasteiger partial charge is 0.161 e. The maximum Gasteiger partial charge on any atom is 0.161 e. The standard InChI is InChI=1S/C14H17N3O3/c1-19-13-6-10(8-18)2-3-12(13)20-9-11-4-5-16-14(7-11)17-15/h2-7,18H,8-9,15H2,1H3,(H,16,17). The van der Waals surface area contributed by atoms with Gasteiger partial charge in [0.2, 0.25) is 0 Å². The number of hydrazine groups is 1. The number of pyridine rings is 1. The molecule has 106 valence electrons. The van der Waals surface area contributed by atoms with Crippen molar-refractivity contribution in [3.63, 3.8) is 0 Å². The van der Waals surface area contributed by atoms with Crippen LogP contribution in [0.15, 0.2) is 36.5 Å². The van der Waals surface area contributed by atoms with Crippen molar-refractivity contribution in [2.45, 2.75) is 13.2 Å². The Kier molecular flexibility index (Phi) is 4.75. The molecule has 6 heteroatoms. The number of aliphatic hydroxyl groups excluding tert-OH is 1. The first-order chi connectivity index (χ1) is 9.76. The van der Waals surface area contributed by atoms with Crippen LogP contribution in [-0.2, 0) is 13.2 Å². The van der Waals surface area contributed by atoms with E-state index in [-0.39, 0.29) is 6.61 Å². The summed E-state index contributed by atoms with van der Waals surface area (Å²) in [6.07, 6.45) is 1.65. The van der Waals surface area contributed by atoms with E-state index >= 15 is 0 Å². The minimum absolute atomic E-state index is 0.0352. The van der Waals surface area contributed by atoms with Crippen LogP contribution in [0.5, 0.6) is 11.5 Å². The molecule has 0 aliphatic carbocycles. The number of nitrogens with two attached hydrogens (primary N) is 1. The van der Waals surface area contributed by atoms with Gasteiger partial charge in [0, 0.05) is 6.20 Å². The molecule has 2 aromatic rings. The number of nitrogens with zero attached hydrogens (tertiary/aromatic N) is 1. The van der Waals surface area contributed by atoms with E-state index in [0.717, 1.165) is 11.1 Å². The van der Waals surface area contributed by atoms with Gasteiger partial charge in [-0.05, 0) is 35.4 Å². The zero-order chi connectivity index (χ0) is 14.4. The molecule has 6 nitrogen and oxygen atoms in total. The number of methoxy groups -OCH3 is 1. The van der Waals surface area contributed by atoms with Crippen LogP contribution in [0.4, 0.5) is 5.82 Å². The molecule has 0 fully saturated rings. The number of anilines is 1. The number of nitrogen functional groups attached to an aromatic ring is 1. The van der Waals surface area contributed by atoms with Crippen LogP contribution in [0.3, 0.4) is 0 Å². The summed E-state index contributed by atoms with van der Waals surface area (Å²) >= 11 is 0. The molecule has 2 rings (SSSR count). The quantitative estimate of drug-likeness (QED) is 0.546. The maximum atomic E-state index is 9.09. The third kappa shape index (κ3) is 3.37. The Bertz CT molecular complexity index is 575. The molecule has 0 radical (unpaired) electrons. The average Bonchev–Trinajstić information content (AvgIpc) is 2.52. The molecule has 1 aromatic heterocycles. The second kappa shape index (κ2) is 6.74. The minimum Gasteiger partial charge on any atom is -0.493 e. The van der Waals surface area contributed by atoms with E-state index in [2.05, 4.69) is 10.4 Å². The van der Waals surface area contributed by atoms with E-state index in [0.29, 0.717) is 23.9 Å². The van der Waals surface area contributed by atoms with Crippen molar-refractivity contribution in [2.75, 3.05) is 12.5 Å². The van der Waals surface area contributed by atoms with Crippen molar-refractivity contribution in [3.8, 4) is 11.5 Å². The van der Waals surface area contributed by atoms with Gasteiger partial charge in [-0.3, -0.25) is 0 Å². The molecule has 0 aliphatic rings. The van der Waals surface area contributed by atoms with E-state index in [1.54, 1.807) is 37.6 Å². The molecule has 0 amide bonds. The predicted molar refractivity (Wildman–Crippen MR) is 75.3 cm³/mol. The Balaban J connectivity index is 2.10. The highest BCUT2D eigenvalue weighted by Gasteiger charge is 2.06. The monoisotopic (exact) mass is 275 g/mol. The minimum atomic E-state index is -0.0352. The molecule has 0 bridgehead atoms. The third-order valence-electron chi connectivity index (χ3n) is 2.78. The van der Waals surface area contributed by atoms with E-state index in [1.165, 1.54) is 0 Å². The fraction of sp³-hybridized carbons (Fsp3) is 0.214. The SMILES string of the molecule is COc1cc(CO)ccc1OCc1ccnc(NN)c1. The molecular formula is C14H17N3O3. The van der Waals surface area contributed by atoms with Gasteiger partial charge in [-0.15, -0.1) is 0 Å². The summed E-state index contributed by atoms with van der Waals surface area (Å²) in [7, 11) is 1.56. The first-order valence-electron chi connectivity index (χ1n) is 6.09. The lowest BCUT2D eigenvalue weighted by Crippen LogP contribution is -2.09. The van der Waals surface area contributed by atoms with E-state index in [9.17, 15) is 0 Å². The summed E-state index contributed by atoms with van der Waals surface area (Å²) in [6, 6.07) is 8.95. The lowest BCUT2D eigenvalue weighted by Gasteiger charge is -2.12. The molecule has 1 heterocycles. The molecule has 4 N–H and O–H groups in total. The van der Waals surface area contributed by atoms with Gasteiger partial charge in [0.1, 0.15) is 12.4 Å². The fourth-order valence-corrected chi connectivity index (χ4v) is 1.73. The van der Waals surface area contributed by atoms with E-state index < -0.39 is 0 Å². The number of ether oxygens (including phenoxy) is 2. The van der Waals surface area contributed by atoms with Crippen molar-refractivity contribution < 1.29 is 14.6 Å². The topological polar surface area (TPSA) is 89.6 Å². The molecule has 0 atom stereocenters. The summed E-state index contributed by atoms with van der Waals surface area (Å²) in [6.45, 7) is 0.332. The van der Waals surface area contributed by atoms with Gasteiger partial charge >= 0.3 is 0 Å². The van der Waals surface area contributed by atoms with Crippen LogP contribution >= 0.6 is 0 Å². The van der Waals surface area contributed by atoms with Gasteiger partial charge < -0.3 is 20.0 Å². The molecular weight excluding hydrogens is 258 g/mol. The highest BCUT2D eigenvalue weighted by Crippen LogP contribution is 2.28. The predicted octanol–water partition coefficient (Wildman–Crippen LogP) is 1.45. The van der Waals surface area contributed by atoms with E-state index in [4.69, 9.17) is 20.4 Å². The second-order valence-corrected chi connectivity index (χ2v) is 4.13. The number of hydrogen-bond donors (Lipinski definition) is 3. The summed E-state index contributed by atoms with van der Waals surface area (Å²) in [4.78, 5) is 4.03. The summed E-state index contributed by atoms with van der Waals surface area (Å²) in [5, 5.41) is 9.09. The molecule has 20 heavy (non-hydrogen) atoms. The number of rotatable bonds is 6. The molecule has 0 saturated heterocycles. The van der Waals surface area contributed by atoms with Gasteiger partial charge in [-0.1, -0.05) is 6.07 Å². The normalized spacial score (nSPS) is 10.2. The van der Waals surface area contributed by atoms with Gasteiger partial charge in [-0.25, -0.2) is 10.8 Å². The summed E-state index contributed by atoms with van der Waals surface area (Å²) < 4.78 is 11.0. The van der Waals surface area contributed by atoms with Crippen molar-refractivity contribution >= 4 is 5.82 Å². The number of aromatic nitrogens is 1. The van der Waals surface area contributed by atoms with Crippen LogP contribution in [0, 0.1) is 0 Å². The van der Waals surface area contributed by atoms with Crippen LogP contribution in [-0.4, -0.2) is 17.2 Å². The van der Waals surface area contributed by atoms with Crippen molar-refractivity contribution in [2.24, 2.45) is 5.84 Å². The molecule has 0 aliphatic heterocycles. The van der Waals surface area contributed by atoms with Gasteiger partial charge in [0.25, 0.3) is 0 Å². The first kappa shape index (κ1) is 14.1. The lowest BCUT2D eigenvalue weighted by molar-refractivity contribution is 0.274. The van der Waals surface area contributed by atoms with Crippen molar-refractivity contribution in [1.29, 1.82) is 0 Å². The third-order valence-corrected chi connectivity index (χ3v) is 2.78. The van der Waals surface area contributed by atoms with Gasteiger partial charge in [-0.2, -0.15) is 0 Å². The Morgan fingerprint density at radius 3 is 2.75 bits per heavy atom. The van der Waals surface area contributed by atoms with Crippen LogP contribution < -0.4 is 20.7 Å². The van der Waals surface area contributed by atoms with Crippen molar-refractivity contribution in [3.05, 3.63) is 47.7 Å². The van der Waals surface area contributed by atoms with Crippen LogP contribution in [0.2, 0.25) is 0 Å². The maximum absolute atomic E-state index is 9.09. The Hall–Kier alpha value is -2.31. The van der Waals surface area contributed by atoms with Gasteiger partial charge in [0.15, 0.2) is 11.5 Å². The largest absolute Gasteiger partial charge is 0.493 e. The van der Waals surface area contributed by atoms with Gasteiger partial charge in [0.05, 0.1) is 13.7 Å². The van der Waals surface area contributed by atoms with Crippen LogP contribution in [0.25, 0.3) is 0 Å². The molecule has 0 unspecified atom stereocenters. The Labute approximate surface area is 117 Å². The van der Waals surface area contributed by atoms with Crippen LogP contribution in [0.1, 0.15) is 11.1 Å². The number of nitrogens with one attached hydrogen (secondary N) is 1. The highest BCUT2D eigenvalue weighted by molar-refractivity contribution is 5.43. The number of hydrogen-bond acceptors (Lipinski definition) is 6. The Morgan fingerprint density at radius 1 is 1.20 bits per heavy atom. The van der Waals surface area contributed by atoms with Crippen molar-refractivity contribution in [1.82, 2.24) is 4.98 Å². The molecule has 1 aromatic carbocycles. The number of benzene rings is 1. The molecule has 0 spiro atoms. The zero-order valence-corrected chi connectivity index (χ0v) is 11.2. The Morgan fingerprint density at radius 2 is 2.05 bits per heavy atom. The number of aliphatic hydroxyl groups is 1.